The maximum atomic E-state index is 11.8. The lowest BCUT2D eigenvalue weighted by atomic mass is 10.2. The van der Waals surface area contributed by atoms with Gasteiger partial charge in [-0.1, -0.05) is 12.1 Å². The van der Waals surface area contributed by atoms with Gasteiger partial charge in [0.1, 0.15) is 5.75 Å². The lowest BCUT2D eigenvalue weighted by Gasteiger charge is -2.12. The van der Waals surface area contributed by atoms with Crippen molar-refractivity contribution in [1.29, 1.82) is 0 Å². The largest absolute Gasteiger partial charge is 0.483 e. The molecule has 1 amide bonds. The van der Waals surface area contributed by atoms with Crippen molar-refractivity contribution >= 4 is 29.5 Å². The van der Waals surface area contributed by atoms with E-state index in [1.165, 1.54) is 6.21 Å². The van der Waals surface area contributed by atoms with Crippen LogP contribution < -0.4 is 21.2 Å². The molecular weight excluding hydrogens is 316 g/mol. The SMILES string of the molecule is NC(=S)NN=Cc1ccccc1OCC(=O)NCC1CCCO1. The van der Waals surface area contributed by atoms with Gasteiger partial charge in [-0.3, -0.25) is 10.2 Å². The Kier molecular flexibility index (Phi) is 6.76. The standard InChI is InChI=1S/C15H20N4O3S/c16-15(23)19-18-8-11-4-1-2-6-13(11)22-10-14(20)17-9-12-5-3-7-21-12/h1-2,4,6,8,12H,3,5,7,9-10H2,(H,17,20)(H3,16,19,23). The van der Waals surface area contributed by atoms with Crippen molar-refractivity contribution in [3.63, 3.8) is 0 Å². The normalized spacial score (nSPS) is 17.1. The molecule has 1 atom stereocenters. The monoisotopic (exact) mass is 336 g/mol. The van der Waals surface area contributed by atoms with Gasteiger partial charge in [-0.15, -0.1) is 0 Å². The Labute approximate surface area is 140 Å². The lowest BCUT2D eigenvalue weighted by Crippen LogP contribution is -2.35. The van der Waals surface area contributed by atoms with Gasteiger partial charge in [0, 0.05) is 18.7 Å². The molecule has 1 aliphatic rings. The number of thiocarbonyl (C=S) groups is 1. The molecule has 1 aromatic carbocycles. The third-order valence-electron chi connectivity index (χ3n) is 3.21. The minimum atomic E-state index is -0.187. The first-order valence-corrected chi connectivity index (χ1v) is 7.74. The van der Waals surface area contributed by atoms with Crippen molar-refractivity contribution in [3.8, 4) is 5.75 Å². The summed E-state index contributed by atoms with van der Waals surface area (Å²) in [6.07, 6.45) is 3.67. The Morgan fingerprint density at radius 3 is 3.09 bits per heavy atom. The molecule has 1 fully saturated rings. The van der Waals surface area contributed by atoms with Gasteiger partial charge in [0.05, 0.1) is 12.3 Å². The number of benzene rings is 1. The smallest absolute Gasteiger partial charge is 0.258 e. The number of nitrogens with one attached hydrogen (secondary N) is 2. The fourth-order valence-corrected chi connectivity index (χ4v) is 2.16. The van der Waals surface area contributed by atoms with Crippen LogP contribution in [0.4, 0.5) is 0 Å². The number of ether oxygens (including phenoxy) is 2. The summed E-state index contributed by atoms with van der Waals surface area (Å²) in [5.41, 5.74) is 8.47. The highest BCUT2D eigenvalue weighted by Gasteiger charge is 2.16. The summed E-state index contributed by atoms with van der Waals surface area (Å²) in [7, 11) is 0. The van der Waals surface area contributed by atoms with Crippen molar-refractivity contribution in [1.82, 2.24) is 10.7 Å². The molecule has 7 nitrogen and oxygen atoms in total. The van der Waals surface area contributed by atoms with Gasteiger partial charge >= 0.3 is 0 Å². The van der Waals surface area contributed by atoms with Crippen molar-refractivity contribution in [2.45, 2.75) is 18.9 Å². The molecular formula is C15H20N4O3S. The van der Waals surface area contributed by atoms with E-state index < -0.39 is 0 Å². The molecule has 8 heteroatoms. The molecule has 0 bridgehead atoms. The zero-order valence-electron chi connectivity index (χ0n) is 12.7. The minimum Gasteiger partial charge on any atom is -0.483 e. The number of nitrogens with zero attached hydrogens (tertiary/aromatic N) is 1. The Hall–Kier alpha value is -2.19. The molecule has 0 spiro atoms. The summed E-state index contributed by atoms with van der Waals surface area (Å²) in [5.74, 6) is 0.363. The van der Waals surface area contributed by atoms with E-state index in [9.17, 15) is 4.79 Å². The zero-order chi connectivity index (χ0) is 16.5. The van der Waals surface area contributed by atoms with Crippen LogP contribution >= 0.6 is 12.2 Å². The summed E-state index contributed by atoms with van der Waals surface area (Å²) in [6.45, 7) is 1.22. The molecule has 1 heterocycles. The van der Waals surface area contributed by atoms with Crippen molar-refractivity contribution in [2.75, 3.05) is 19.8 Å². The minimum absolute atomic E-state index is 0.0691. The topological polar surface area (TPSA) is 98.0 Å². The predicted octanol–water partition coefficient (Wildman–Crippen LogP) is 0.528. The van der Waals surface area contributed by atoms with Crippen LogP contribution in [0, 0.1) is 0 Å². The van der Waals surface area contributed by atoms with Crippen molar-refractivity contribution in [3.05, 3.63) is 29.8 Å². The van der Waals surface area contributed by atoms with E-state index in [4.69, 9.17) is 15.2 Å². The fraction of sp³-hybridized carbons (Fsp3) is 0.400. The Morgan fingerprint density at radius 2 is 2.35 bits per heavy atom. The van der Waals surface area contributed by atoms with Crippen LogP contribution in [0.25, 0.3) is 0 Å². The van der Waals surface area contributed by atoms with Gasteiger partial charge in [-0.05, 0) is 37.2 Å². The number of hydrogen-bond donors (Lipinski definition) is 3. The van der Waals surface area contributed by atoms with E-state index in [0.717, 1.165) is 19.4 Å². The van der Waals surface area contributed by atoms with Crippen molar-refractivity contribution in [2.24, 2.45) is 10.8 Å². The maximum absolute atomic E-state index is 11.8. The van der Waals surface area contributed by atoms with Crippen LogP contribution in [0.2, 0.25) is 0 Å². The maximum Gasteiger partial charge on any atom is 0.258 e. The van der Waals surface area contributed by atoms with E-state index in [1.54, 1.807) is 6.07 Å². The van der Waals surface area contributed by atoms with E-state index in [-0.39, 0.29) is 23.7 Å². The molecule has 2 rings (SSSR count). The summed E-state index contributed by atoms with van der Waals surface area (Å²) < 4.78 is 11.0. The lowest BCUT2D eigenvalue weighted by molar-refractivity contribution is -0.123. The number of carbonyl (C=O) groups is 1. The first-order valence-electron chi connectivity index (χ1n) is 7.34. The molecule has 4 N–H and O–H groups in total. The number of rotatable bonds is 7. The van der Waals surface area contributed by atoms with E-state index in [1.807, 2.05) is 18.2 Å². The molecule has 0 radical (unpaired) electrons. The van der Waals surface area contributed by atoms with Crippen LogP contribution in [0.15, 0.2) is 29.4 Å². The molecule has 0 saturated carbocycles. The first-order chi connectivity index (χ1) is 11.1. The van der Waals surface area contributed by atoms with Crippen molar-refractivity contribution < 1.29 is 14.3 Å². The van der Waals surface area contributed by atoms with Crippen LogP contribution in [0.3, 0.4) is 0 Å². The fourth-order valence-electron chi connectivity index (χ4n) is 2.11. The number of para-hydroxylation sites is 1. The van der Waals surface area contributed by atoms with Gasteiger partial charge in [0.15, 0.2) is 11.7 Å². The average molecular weight is 336 g/mol. The third-order valence-corrected chi connectivity index (χ3v) is 3.30. The quantitative estimate of drug-likeness (QED) is 0.382. The average Bonchev–Trinajstić information content (AvgIpc) is 3.05. The van der Waals surface area contributed by atoms with E-state index in [0.29, 0.717) is 17.9 Å². The Bertz CT molecular complexity index is 574. The van der Waals surface area contributed by atoms with Crippen LogP contribution in [-0.4, -0.2) is 43.1 Å². The van der Waals surface area contributed by atoms with Gasteiger partial charge < -0.3 is 20.5 Å². The summed E-state index contributed by atoms with van der Waals surface area (Å²) >= 11 is 4.66. The van der Waals surface area contributed by atoms with E-state index >= 15 is 0 Å². The molecule has 1 aliphatic heterocycles. The number of nitrogens with two attached hydrogens (primary N) is 1. The summed E-state index contributed by atoms with van der Waals surface area (Å²) in [4.78, 5) is 11.8. The molecule has 1 saturated heterocycles. The van der Waals surface area contributed by atoms with Crippen LogP contribution in [0.5, 0.6) is 5.75 Å². The molecule has 1 unspecified atom stereocenters. The number of amides is 1. The summed E-state index contributed by atoms with van der Waals surface area (Å²) in [5, 5.41) is 6.76. The number of hydrogen-bond acceptors (Lipinski definition) is 5. The molecule has 23 heavy (non-hydrogen) atoms. The van der Waals surface area contributed by atoms with Crippen LogP contribution in [0.1, 0.15) is 18.4 Å². The molecule has 1 aromatic rings. The second-order valence-corrected chi connectivity index (χ2v) is 5.44. The Balaban J connectivity index is 1.81. The second kappa shape index (κ2) is 9.06. The Morgan fingerprint density at radius 1 is 1.52 bits per heavy atom. The van der Waals surface area contributed by atoms with Gasteiger partial charge in [0.25, 0.3) is 5.91 Å². The highest BCUT2D eigenvalue weighted by Crippen LogP contribution is 2.15. The highest BCUT2D eigenvalue weighted by molar-refractivity contribution is 7.80. The third kappa shape index (κ3) is 6.21. The van der Waals surface area contributed by atoms with E-state index in [2.05, 4.69) is 28.1 Å². The van der Waals surface area contributed by atoms with Gasteiger partial charge in [-0.2, -0.15) is 5.10 Å². The molecule has 0 aliphatic carbocycles. The highest BCUT2D eigenvalue weighted by atomic mass is 32.1. The number of hydrazone groups is 1. The zero-order valence-corrected chi connectivity index (χ0v) is 13.5. The molecule has 0 aromatic heterocycles. The second-order valence-electron chi connectivity index (χ2n) is 5.00. The number of carbonyl (C=O) groups excluding carboxylic acids is 1. The molecule has 124 valence electrons. The van der Waals surface area contributed by atoms with Gasteiger partial charge in [0.2, 0.25) is 0 Å². The predicted molar refractivity (Wildman–Crippen MR) is 91.4 cm³/mol. The first kappa shape index (κ1) is 17.2. The van der Waals surface area contributed by atoms with Crippen LogP contribution in [-0.2, 0) is 9.53 Å². The van der Waals surface area contributed by atoms with Gasteiger partial charge in [-0.25, -0.2) is 0 Å². The summed E-state index contributed by atoms with van der Waals surface area (Å²) in [6, 6.07) is 7.23.